The van der Waals surface area contributed by atoms with Crippen molar-refractivity contribution in [2.24, 2.45) is 11.8 Å². The highest BCUT2D eigenvalue weighted by Gasteiger charge is 2.74. The zero-order valence-electron chi connectivity index (χ0n) is 18.7. The predicted octanol–water partition coefficient (Wildman–Crippen LogP) is 5.36. The first-order valence-electron chi connectivity index (χ1n) is 9.86. The van der Waals surface area contributed by atoms with Gasteiger partial charge in [-0.15, -0.1) is 0 Å². The Kier molecular flexibility index (Phi) is 10.8. The molecule has 0 heterocycles. The summed E-state index contributed by atoms with van der Waals surface area (Å²) in [4.78, 5) is 0. The Hall–Kier alpha value is -1.04. The number of quaternary nitrogens is 1. The van der Waals surface area contributed by atoms with Gasteiger partial charge in [-0.25, -0.2) is 17.5 Å². The average Bonchev–Trinajstić information content (AvgIpc) is 2.56. The molecule has 0 aromatic heterocycles. The minimum absolute atomic E-state index is 0.231. The minimum atomic E-state index is -6.90. The van der Waals surface area contributed by atoms with Crippen molar-refractivity contribution in [3.8, 4) is 0 Å². The summed E-state index contributed by atoms with van der Waals surface area (Å²) >= 11 is 0. The van der Waals surface area contributed by atoms with E-state index in [4.69, 9.17) is 0 Å². The SMILES string of the molecule is C[N+](C)(C)CCCNS(=O)(=O)CCC(CC(CC(F)(C(F)(F)F)C(F)(F)F)C(F)(F)F)C(F)(F)F. The quantitative estimate of drug-likeness (QED) is 0.196. The zero-order chi connectivity index (χ0) is 28.3. The van der Waals surface area contributed by atoms with Gasteiger partial charge in [0.05, 0.1) is 45.3 Å². The number of hydrogen-bond acceptors (Lipinski definition) is 2. The summed E-state index contributed by atoms with van der Waals surface area (Å²) in [7, 11) is 0.780. The highest BCUT2D eigenvalue weighted by Crippen LogP contribution is 2.53. The average molecular weight is 569 g/mol. The van der Waals surface area contributed by atoms with Gasteiger partial charge in [0.25, 0.3) is 5.67 Å². The molecule has 18 heteroatoms. The van der Waals surface area contributed by atoms with E-state index in [2.05, 4.69) is 0 Å². The molecule has 0 saturated carbocycles. The van der Waals surface area contributed by atoms with E-state index in [0.29, 0.717) is 11.0 Å². The van der Waals surface area contributed by atoms with E-state index in [-0.39, 0.29) is 13.0 Å². The van der Waals surface area contributed by atoms with E-state index < -0.39 is 77.2 Å². The van der Waals surface area contributed by atoms with Crippen LogP contribution in [-0.2, 0) is 10.0 Å². The molecule has 0 aromatic rings. The zero-order valence-corrected chi connectivity index (χ0v) is 19.5. The molecule has 0 aromatic carbocycles. The molecule has 0 aliphatic carbocycles. The van der Waals surface area contributed by atoms with E-state index in [1.807, 2.05) is 4.72 Å². The summed E-state index contributed by atoms with van der Waals surface area (Å²) < 4.78 is 195. The van der Waals surface area contributed by atoms with Crippen LogP contribution in [0.15, 0.2) is 0 Å². The third-order valence-corrected chi connectivity index (χ3v) is 6.40. The first-order valence-corrected chi connectivity index (χ1v) is 11.5. The maximum atomic E-state index is 13.8. The van der Waals surface area contributed by atoms with E-state index in [1.165, 1.54) is 0 Å². The third kappa shape index (κ3) is 11.3. The van der Waals surface area contributed by atoms with Crippen LogP contribution in [0.2, 0.25) is 0 Å². The van der Waals surface area contributed by atoms with Crippen molar-refractivity contribution in [2.45, 2.75) is 56.1 Å². The lowest BCUT2D eigenvalue weighted by atomic mass is 9.83. The maximum absolute atomic E-state index is 13.8. The van der Waals surface area contributed by atoms with E-state index >= 15 is 0 Å². The molecule has 0 saturated heterocycles. The lowest BCUT2D eigenvalue weighted by Gasteiger charge is -2.35. The molecule has 212 valence electrons. The van der Waals surface area contributed by atoms with Gasteiger partial charge in [0.1, 0.15) is 0 Å². The highest BCUT2D eigenvalue weighted by atomic mass is 32.2. The van der Waals surface area contributed by atoms with Gasteiger partial charge in [0.15, 0.2) is 0 Å². The first kappa shape index (κ1) is 34.0. The van der Waals surface area contributed by atoms with Crippen LogP contribution in [0.25, 0.3) is 0 Å². The van der Waals surface area contributed by atoms with Crippen molar-refractivity contribution >= 4 is 10.0 Å². The Morgan fingerprint density at radius 1 is 0.743 bits per heavy atom. The van der Waals surface area contributed by atoms with Gasteiger partial charge in [0.2, 0.25) is 10.0 Å². The molecule has 2 unspecified atom stereocenters. The van der Waals surface area contributed by atoms with Gasteiger partial charge in [-0.05, 0) is 12.8 Å². The van der Waals surface area contributed by atoms with Crippen molar-refractivity contribution in [1.29, 1.82) is 0 Å². The summed E-state index contributed by atoms with van der Waals surface area (Å²) in [5, 5.41) is 0. The number of nitrogens with zero attached hydrogens (tertiary/aromatic N) is 1. The van der Waals surface area contributed by atoms with Gasteiger partial charge in [-0.3, -0.25) is 0 Å². The summed E-state index contributed by atoms with van der Waals surface area (Å²) in [5.41, 5.74) is -6.43. The van der Waals surface area contributed by atoms with Gasteiger partial charge >= 0.3 is 24.7 Å². The molecule has 0 spiro atoms. The molecule has 1 N–H and O–H groups in total. The Morgan fingerprint density at radius 3 is 1.51 bits per heavy atom. The lowest BCUT2D eigenvalue weighted by Crippen LogP contribution is -2.55. The normalized spacial score (nSPS) is 16.9. The minimum Gasteiger partial charge on any atom is -0.331 e. The van der Waals surface area contributed by atoms with Crippen molar-refractivity contribution in [3.05, 3.63) is 0 Å². The van der Waals surface area contributed by atoms with Crippen LogP contribution < -0.4 is 4.72 Å². The first-order chi connectivity index (χ1) is 15.1. The summed E-state index contributed by atoms with van der Waals surface area (Å²) in [6.07, 6.45) is -32.7. The second kappa shape index (κ2) is 11.1. The van der Waals surface area contributed by atoms with Crippen LogP contribution in [0.5, 0.6) is 0 Å². The molecule has 35 heavy (non-hydrogen) atoms. The fourth-order valence-corrected chi connectivity index (χ4v) is 4.17. The van der Waals surface area contributed by atoms with Gasteiger partial charge < -0.3 is 4.48 Å². The topological polar surface area (TPSA) is 46.2 Å². The Morgan fingerprint density at radius 2 is 1.17 bits per heavy atom. The lowest BCUT2D eigenvalue weighted by molar-refractivity contribution is -0.870. The van der Waals surface area contributed by atoms with Crippen LogP contribution in [-0.4, -0.2) is 83.3 Å². The van der Waals surface area contributed by atoms with Crippen LogP contribution in [0.3, 0.4) is 0 Å². The van der Waals surface area contributed by atoms with E-state index in [9.17, 15) is 65.5 Å². The molecule has 0 fully saturated rings. The number of alkyl halides is 13. The number of halogens is 13. The van der Waals surface area contributed by atoms with Gasteiger partial charge in [-0.2, -0.15) is 52.7 Å². The molecule has 0 rings (SSSR count). The molecule has 0 aliphatic rings. The molecule has 0 aliphatic heterocycles. The second-order valence-corrected chi connectivity index (χ2v) is 11.0. The number of hydrogen-bond donors (Lipinski definition) is 1. The molecular formula is C17H26F13N2O2S+. The van der Waals surface area contributed by atoms with Crippen LogP contribution >= 0.6 is 0 Å². The Bertz CT molecular complexity index is 751. The van der Waals surface area contributed by atoms with Crippen LogP contribution in [0.1, 0.15) is 25.7 Å². The largest absolute Gasteiger partial charge is 0.431 e. The number of rotatable bonds is 12. The smallest absolute Gasteiger partial charge is 0.331 e. The van der Waals surface area contributed by atoms with Crippen LogP contribution in [0.4, 0.5) is 57.1 Å². The van der Waals surface area contributed by atoms with Crippen molar-refractivity contribution in [3.63, 3.8) is 0 Å². The molecule has 0 radical (unpaired) electrons. The number of sulfonamides is 1. The summed E-state index contributed by atoms with van der Waals surface area (Å²) in [5.74, 6) is -8.71. The van der Waals surface area contributed by atoms with Gasteiger partial charge in [0, 0.05) is 19.4 Å². The van der Waals surface area contributed by atoms with Crippen molar-refractivity contribution < 1.29 is 70.0 Å². The Balaban J connectivity index is 5.69. The van der Waals surface area contributed by atoms with Crippen molar-refractivity contribution in [1.82, 2.24) is 4.72 Å². The van der Waals surface area contributed by atoms with Crippen LogP contribution in [0, 0.1) is 11.8 Å². The summed E-state index contributed by atoms with van der Waals surface area (Å²) in [6, 6.07) is 0. The Labute approximate surface area is 193 Å². The molecule has 0 amide bonds. The summed E-state index contributed by atoms with van der Waals surface area (Å²) in [6.45, 7) is 0.200. The second-order valence-electron chi connectivity index (χ2n) is 9.08. The predicted molar refractivity (Wildman–Crippen MR) is 98.2 cm³/mol. The van der Waals surface area contributed by atoms with E-state index in [0.717, 1.165) is 0 Å². The van der Waals surface area contributed by atoms with Gasteiger partial charge in [-0.1, -0.05) is 0 Å². The fourth-order valence-electron chi connectivity index (χ4n) is 2.97. The molecule has 0 bridgehead atoms. The fraction of sp³-hybridized carbons (Fsp3) is 1.00. The molecular weight excluding hydrogens is 543 g/mol. The highest BCUT2D eigenvalue weighted by molar-refractivity contribution is 7.89. The third-order valence-electron chi connectivity index (χ3n) is 4.98. The maximum Gasteiger partial charge on any atom is 0.431 e. The standard InChI is InChI=1S/C17H26F13N2O2S/c1-32(2,3)7-4-6-31-35(33,34)8-5-11(14(19,20)21)9-12(15(22,23)24)10-13(18,16(25,26)27)17(28,29)30/h11-12,31H,4-10H2,1-3H3/q+1. The van der Waals surface area contributed by atoms with Crippen molar-refractivity contribution in [2.75, 3.05) is 40.0 Å². The molecule has 2 atom stereocenters. The monoisotopic (exact) mass is 569 g/mol. The van der Waals surface area contributed by atoms with E-state index in [1.54, 1.807) is 21.1 Å². The number of nitrogens with one attached hydrogen (secondary N) is 1. The molecule has 4 nitrogen and oxygen atoms in total.